The highest BCUT2D eigenvalue weighted by atomic mass is 28.4. The molecule has 0 aromatic carbocycles. The molecule has 1 N–H and O–H groups in total. The Hall–Kier alpha value is -0.516. The summed E-state index contributed by atoms with van der Waals surface area (Å²) in [4.78, 5) is 11.2. The first-order valence-corrected chi connectivity index (χ1v) is 15.4. The third kappa shape index (κ3) is 15.5. The Morgan fingerprint density at radius 2 is 1.56 bits per heavy atom. The number of carbonyl (C=O) groups is 1. The van der Waals surface area contributed by atoms with Crippen LogP contribution in [0.15, 0.2) is 12.2 Å². The largest absolute Gasteiger partial charge is 0.460 e. The molecule has 0 spiro atoms. The van der Waals surface area contributed by atoms with Crippen molar-refractivity contribution in [3.8, 4) is 0 Å². The Morgan fingerprint density at radius 3 is 2.00 bits per heavy atom. The molecule has 0 aliphatic carbocycles. The molecule has 1 unspecified atom stereocenters. The van der Waals surface area contributed by atoms with E-state index < -0.39 is 28.7 Å². The SMILES string of the molecule is C=C(C)C(=O)OCC(O)COCCC[C](O[Si](C)(C)C)O[Si](C)(C)C. The van der Waals surface area contributed by atoms with E-state index in [0.29, 0.717) is 24.9 Å². The maximum absolute atomic E-state index is 11.2. The topological polar surface area (TPSA) is 74.2 Å². The van der Waals surface area contributed by atoms with Crippen LogP contribution in [0.25, 0.3) is 0 Å². The summed E-state index contributed by atoms with van der Waals surface area (Å²) in [6.07, 6.45) is 1.28. The van der Waals surface area contributed by atoms with Crippen molar-refractivity contribution in [3.63, 3.8) is 0 Å². The molecule has 0 heterocycles. The highest BCUT2D eigenvalue weighted by Crippen LogP contribution is 2.23. The molecule has 6 nitrogen and oxygen atoms in total. The van der Waals surface area contributed by atoms with Crippen molar-refractivity contribution in [2.24, 2.45) is 0 Å². The zero-order chi connectivity index (χ0) is 19.7. The average molecular weight is 392 g/mol. The molecule has 0 bridgehead atoms. The summed E-state index contributed by atoms with van der Waals surface area (Å²) in [6, 6.07) is 0. The second-order valence-corrected chi connectivity index (χ2v) is 16.9. The van der Waals surface area contributed by atoms with Crippen molar-refractivity contribution < 1.29 is 28.2 Å². The van der Waals surface area contributed by atoms with Gasteiger partial charge < -0.3 is 23.4 Å². The Labute approximate surface area is 154 Å². The minimum absolute atomic E-state index is 0.0967. The van der Waals surface area contributed by atoms with E-state index in [-0.39, 0.29) is 13.2 Å². The van der Waals surface area contributed by atoms with Crippen LogP contribution < -0.4 is 0 Å². The van der Waals surface area contributed by atoms with Gasteiger partial charge in [0.15, 0.2) is 16.6 Å². The van der Waals surface area contributed by atoms with Gasteiger partial charge in [0.2, 0.25) is 6.29 Å². The lowest BCUT2D eigenvalue weighted by molar-refractivity contribution is -0.143. The number of aliphatic hydroxyl groups excluding tert-OH is 1. The van der Waals surface area contributed by atoms with Gasteiger partial charge in [-0.2, -0.15) is 0 Å². The molecule has 0 saturated carbocycles. The molecule has 0 aliphatic rings. The number of ether oxygens (including phenoxy) is 2. The lowest BCUT2D eigenvalue weighted by Crippen LogP contribution is -2.35. The number of rotatable bonds is 13. The third-order valence-corrected chi connectivity index (χ3v) is 4.26. The molecule has 8 heteroatoms. The zero-order valence-electron chi connectivity index (χ0n) is 16.8. The normalized spacial score (nSPS) is 13.8. The molecule has 1 radical (unpaired) electrons. The van der Waals surface area contributed by atoms with E-state index in [9.17, 15) is 9.90 Å². The Balaban J connectivity index is 4.04. The quantitative estimate of drug-likeness (QED) is 0.224. The van der Waals surface area contributed by atoms with Crippen molar-refractivity contribution in [1.82, 2.24) is 0 Å². The predicted octanol–water partition coefficient (Wildman–Crippen LogP) is 3.46. The van der Waals surface area contributed by atoms with Crippen molar-refractivity contribution in [2.75, 3.05) is 19.8 Å². The second kappa shape index (κ2) is 11.3. The minimum Gasteiger partial charge on any atom is -0.460 e. The van der Waals surface area contributed by atoms with E-state index in [0.717, 1.165) is 6.42 Å². The fourth-order valence-corrected chi connectivity index (χ4v) is 3.42. The molecule has 0 aromatic heterocycles. The first-order valence-electron chi connectivity index (χ1n) is 8.62. The van der Waals surface area contributed by atoms with Crippen LogP contribution in [0, 0.1) is 6.29 Å². The van der Waals surface area contributed by atoms with Crippen LogP contribution in [0.2, 0.25) is 39.3 Å². The van der Waals surface area contributed by atoms with Crippen molar-refractivity contribution >= 4 is 22.6 Å². The monoisotopic (exact) mass is 391 g/mol. The molecule has 0 saturated heterocycles. The Morgan fingerprint density at radius 1 is 1.04 bits per heavy atom. The van der Waals surface area contributed by atoms with Gasteiger partial charge in [-0.1, -0.05) is 6.58 Å². The van der Waals surface area contributed by atoms with Crippen LogP contribution in [0.5, 0.6) is 0 Å². The Bertz CT molecular complexity index is 398. The van der Waals surface area contributed by atoms with Crippen LogP contribution in [-0.4, -0.2) is 53.6 Å². The lowest BCUT2D eigenvalue weighted by atomic mass is 10.3. The van der Waals surface area contributed by atoms with Gasteiger partial charge >= 0.3 is 5.97 Å². The summed E-state index contributed by atoms with van der Waals surface area (Å²) in [5.41, 5.74) is 0.306. The molecule has 147 valence electrons. The van der Waals surface area contributed by atoms with Crippen molar-refractivity contribution in [3.05, 3.63) is 18.4 Å². The summed E-state index contributed by atoms with van der Waals surface area (Å²) in [5, 5.41) is 9.72. The van der Waals surface area contributed by atoms with Crippen LogP contribution in [0.4, 0.5) is 0 Å². The third-order valence-electron chi connectivity index (χ3n) is 2.58. The van der Waals surface area contributed by atoms with Crippen LogP contribution >= 0.6 is 0 Å². The maximum atomic E-state index is 11.2. The summed E-state index contributed by atoms with van der Waals surface area (Å²) in [6.45, 7) is 18.3. The van der Waals surface area contributed by atoms with Gasteiger partial charge in [-0.05, 0) is 52.6 Å². The summed E-state index contributed by atoms with van der Waals surface area (Å²) < 4.78 is 22.4. The molecule has 1 atom stereocenters. The first kappa shape index (κ1) is 24.5. The highest BCUT2D eigenvalue weighted by molar-refractivity contribution is 6.71. The molecule has 25 heavy (non-hydrogen) atoms. The molecular weight excluding hydrogens is 356 g/mol. The number of aliphatic hydroxyl groups is 1. The van der Waals surface area contributed by atoms with E-state index in [4.69, 9.17) is 18.3 Å². The van der Waals surface area contributed by atoms with Gasteiger partial charge in [0.05, 0.1) is 6.61 Å². The summed E-state index contributed by atoms with van der Waals surface area (Å²) >= 11 is 0. The average Bonchev–Trinajstić information content (AvgIpc) is 2.40. The molecule has 0 fully saturated rings. The smallest absolute Gasteiger partial charge is 0.333 e. The predicted molar refractivity (Wildman–Crippen MR) is 104 cm³/mol. The van der Waals surface area contributed by atoms with Gasteiger partial charge in [-0.3, -0.25) is 0 Å². The fourth-order valence-electron chi connectivity index (χ4n) is 1.69. The zero-order valence-corrected chi connectivity index (χ0v) is 18.8. The summed E-state index contributed by atoms with van der Waals surface area (Å²) in [7, 11) is -3.43. The van der Waals surface area contributed by atoms with Crippen LogP contribution in [0.1, 0.15) is 19.8 Å². The minimum atomic E-state index is -1.71. The summed E-state index contributed by atoms with van der Waals surface area (Å²) in [5.74, 6) is -0.509. The van der Waals surface area contributed by atoms with Gasteiger partial charge in [-0.25, -0.2) is 4.79 Å². The van der Waals surface area contributed by atoms with Gasteiger partial charge in [-0.15, -0.1) is 0 Å². The number of hydrogen-bond donors (Lipinski definition) is 1. The van der Waals surface area contributed by atoms with Crippen LogP contribution in [-0.2, 0) is 23.1 Å². The molecule has 0 aliphatic heterocycles. The second-order valence-electron chi connectivity index (χ2n) is 8.01. The first-order chi connectivity index (χ1) is 11.3. The van der Waals surface area contributed by atoms with Gasteiger partial charge in [0.1, 0.15) is 12.7 Å². The number of hydrogen-bond acceptors (Lipinski definition) is 6. The maximum Gasteiger partial charge on any atom is 0.333 e. The standard InChI is InChI=1S/C17H35O6Si2/c1-14(2)17(19)21-13-15(18)12-20-11-9-10-16(22-24(3,4)5)23-25(6,7)8/h15,18H,1,9-13H2,2-8H3. The number of esters is 1. The molecular formula is C17H35O6Si2. The number of carbonyl (C=O) groups excluding carboxylic acids is 1. The van der Waals surface area contributed by atoms with Crippen molar-refractivity contribution in [1.29, 1.82) is 0 Å². The van der Waals surface area contributed by atoms with E-state index in [1.807, 2.05) is 0 Å². The molecule has 0 aromatic rings. The highest BCUT2D eigenvalue weighted by Gasteiger charge is 2.27. The van der Waals surface area contributed by atoms with E-state index in [1.54, 1.807) is 6.92 Å². The Kier molecular flexibility index (Phi) is 11.0. The van der Waals surface area contributed by atoms with Crippen LogP contribution in [0.3, 0.4) is 0 Å². The fraction of sp³-hybridized carbons (Fsp3) is 0.765. The van der Waals surface area contributed by atoms with Gasteiger partial charge in [0.25, 0.3) is 0 Å². The molecule has 0 amide bonds. The van der Waals surface area contributed by atoms with E-state index >= 15 is 0 Å². The van der Waals surface area contributed by atoms with E-state index in [1.165, 1.54) is 0 Å². The van der Waals surface area contributed by atoms with Crippen molar-refractivity contribution in [2.45, 2.75) is 65.2 Å². The van der Waals surface area contributed by atoms with Gasteiger partial charge in [0, 0.05) is 18.6 Å². The molecule has 0 rings (SSSR count). The lowest BCUT2D eigenvalue weighted by Gasteiger charge is -2.30. The van der Waals surface area contributed by atoms with E-state index in [2.05, 4.69) is 45.9 Å².